The van der Waals surface area contributed by atoms with E-state index in [4.69, 9.17) is 15.1 Å². The molecular weight excluding hydrogens is 244 g/mol. The largest absolute Gasteiger partial charge is 0.479 e. The molecular formula is C14H18N2O3. The molecule has 1 unspecified atom stereocenters. The Kier molecular flexibility index (Phi) is 5.83. The molecule has 0 heterocycles. The van der Waals surface area contributed by atoms with E-state index >= 15 is 0 Å². The highest BCUT2D eigenvalue weighted by molar-refractivity contribution is 5.78. The molecule has 0 aromatic heterocycles. The lowest BCUT2D eigenvalue weighted by Gasteiger charge is -2.23. The van der Waals surface area contributed by atoms with Crippen LogP contribution >= 0.6 is 0 Å². The predicted molar refractivity (Wildman–Crippen MR) is 70.6 cm³/mol. The van der Waals surface area contributed by atoms with E-state index in [-0.39, 0.29) is 31.6 Å². The number of hydrogen-bond donors (Lipinski definition) is 1. The minimum absolute atomic E-state index is 0.00896. The number of ether oxygens (including phenoxy) is 1. The normalized spacial score (nSPS) is 11.5. The minimum Gasteiger partial charge on any atom is -0.479 e. The summed E-state index contributed by atoms with van der Waals surface area (Å²) in [4.78, 5) is 13.4. The molecule has 1 amide bonds. The van der Waals surface area contributed by atoms with Gasteiger partial charge < -0.3 is 14.7 Å². The van der Waals surface area contributed by atoms with E-state index in [1.54, 1.807) is 38.2 Å². The molecule has 1 N–H and O–H groups in total. The second kappa shape index (κ2) is 7.39. The highest BCUT2D eigenvalue weighted by Gasteiger charge is 2.15. The maximum Gasteiger partial charge on any atom is 0.227 e. The van der Waals surface area contributed by atoms with Crippen molar-refractivity contribution in [3.05, 3.63) is 29.8 Å². The molecule has 1 aromatic rings. The first-order valence-corrected chi connectivity index (χ1v) is 6.03. The number of aliphatic hydroxyl groups excluding tert-OH is 1. The molecule has 0 bridgehead atoms. The van der Waals surface area contributed by atoms with Crippen LogP contribution in [0.1, 0.15) is 12.5 Å². The average molecular weight is 262 g/mol. The molecule has 0 radical (unpaired) electrons. The van der Waals surface area contributed by atoms with Crippen molar-refractivity contribution in [2.45, 2.75) is 19.4 Å². The summed E-state index contributed by atoms with van der Waals surface area (Å²) in [6, 6.07) is 8.75. The van der Waals surface area contributed by atoms with Crippen LogP contribution in [0.4, 0.5) is 0 Å². The summed E-state index contributed by atoms with van der Waals surface area (Å²) in [5.74, 6) is 0.557. The molecule has 0 aliphatic heterocycles. The predicted octanol–water partition coefficient (Wildman–Crippen LogP) is 0.971. The number of carbonyl (C=O) groups is 1. The zero-order valence-electron chi connectivity index (χ0n) is 11.2. The van der Waals surface area contributed by atoms with Gasteiger partial charge in [0.2, 0.25) is 5.91 Å². The Balaban J connectivity index is 2.58. The van der Waals surface area contributed by atoms with Crippen LogP contribution in [0.25, 0.3) is 0 Å². The fourth-order valence-electron chi connectivity index (χ4n) is 1.49. The summed E-state index contributed by atoms with van der Waals surface area (Å²) in [6.07, 6.45) is 0.277. The number of carbonyl (C=O) groups excluding carboxylic acids is 1. The number of nitriles is 1. The van der Waals surface area contributed by atoms with Crippen LogP contribution in [0.15, 0.2) is 24.3 Å². The van der Waals surface area contributed by atoms with E-state index < -0.39 is 0 Å². The van der Waals surface area contributed by atoms with Gasteiger partial charge in [-0.2, -0.15) is 5.26 Å². The molecule has 0 saturated heterocycles. The molecule has 5 nitrogen and oxygen atoms in total. The second-order valence-corrected chi connectivity index (χ2v) is 4.30. The summed E-state index contributed by atoms with van der Waals surface area (Å²) in [6.45, 7) is 1.74. The Labute approximate surface area is 113 Å². The van der Waals surface area contributed by atoms with Crippen molar-refractivity contribution in [2.75, 3.05) is 20.3 Å². The first kappa shape index (κ1) is 15.0. The number of amides is 1. The number of likely N-dealkylation sites (N-methyl/N-ethyl adjacent to an activating group) is 1. The van der Waals surface area contributed by atoms with Crippen LogP contribution in [-0.2, 0) is 11.2 Å². The molecule has 1 atom stereocenters. The smallest absolute Gasteiger partial charge is 0.227 e. The highest BCUT2D eigenvalue weighted by Crippen LogP contribution is 2.13. The molecule has 0 spiro atoms. The van der Waals surface area contributed by atoms with Crippen LogP contribution in [0, 0.1) is 11.3 Å². The van der Waals surface area contributed by atoms with Gasteiger partial charge in [-0.15, -0.1) is 0 Å². The van der Waals surface area contributed by atoms with Crippen molar-refractivity contribution in [1.29, 1.82) is 5.26 Å². The Hall–Kier alpha value is -2.06. The van der Waals surface area contributed by atoms with E-state index in [1.807, 2.05) is 6.07 Å². The molecule has 102 valence electrons. The summed E-state index contributed by atoms with van der Waals surface area (Å²) in [7, 11) is 1.67. The standard InChI is InChI=1S/C14H18N2O3/c1-11(10-17)16(2)14(18)9-12-3-5-13(6-4-12)19-8-7-15/h3-6,11,17H,8-10H2,1-2H3. The number of aliphatic hydroxyl groups is 1. The van der Waals surface area contributed by atoms with Gasteiger partial charge in [-0.3, -0.25) is 4.79 Å². The maximum absolute atomic E-state index is 11.9. The number of benzene rings is 1. The lowest BCUT2D eigenvalue weighted by molar-refractivity contribution is -0.131. The molecule has 1 aromatic carbocycles. The van der Waals surface area contributed by atoms with E-state index in [0.29, 0.717) is 5.75 Å². The zero-order chi connectivity index (χ0) is 14.3. The molecule has 5 heteroatoms. The molecule has 0 aliphatic rings. The van der Waals surface area contributed by atoms with Gasteiger partial charge in [0.05, 0.1) is 19.1 Å². The van der Waals surface area contributed by atoms with Crippen LogP contribution in [0.5, 0.6) is 5.75 Å². The molecule has 0 fully saturated rings. The molecule has 19 heavy (non-hydrogen) atoms. The first-order chi connectivity index (χ1) is 9.08. The van der Waals surface area contributed by atoms with E-state index in [2.05, 4.69) is 0 Å². The van der Waals surface area contributed by atoms with Crippen molar-refractivity contribution in [2.24, 2.45) is 0 Å². The van der Waals surface area contributed by atoms with Gasteiger partial charge in [0.1, 0.15) is 11.8 Å². The number of hydrogen-bond acceptors (Lipinski definition) is 4. The van der Waals surface area contributed by atoms with Crippen molar-refractivity contribution in [3.8, 4) is 11.8 Å². The molecule has 0 aliphatic carbocycles. The van der Waals surface area contributed by atoms with Crippen LogP contribution in [-0.4, -0.2) is 42.2 Å². The quantitative estimate of drug-likeness (QED) is 0.829. The Morgan fingerprint density at radius 1 is 1.47 bits per heavy atom. The van der Waals surface area contributed by atoms with Crippen molar-refractivity contribution in [3.63, 3.8) is 0 Å². The van der Waals surface area contributed by atoms with E-state index in [9.17, 15) is 4.79 Å². The van der Waals surface area contributed by atoms with Crippen molar-refractivity contribution in [1.82, 2.24) is 4.90 Å². The topological polar surface area (TPSA) is 73.6 Å². The molecule has 1 rings (SSSR count). The lowest BCUT2D eigenvalue weighted by Crippen LogP contribution is -2.38. The summed E-state index contributed by atoms with van der Waals surface area (Å²) >= 11 is 0. The minimum atomic E-state index is -0.189. The Morgan fingerprint density at radius 2 is 2.11 bits per heavy atom. The fraction of sp³-hybridized carbons (Fsp3) is 0.429. The first-order valence-electron chi connectivity index (χ1n) is 6.03. The van der Waals surface area contributed by atoms with Crippen LogP contribution < -0.4 is 4.74 Å². The van der Waals surface area contributed by atoms with Gasteiger partial charge in [0.25, 0.3) is 0 Å². The third kappa shape index (κ3) is 4.60. The van der Waals surface area contributed by atoms with Crippen LogP contribution in [0.3, 0.4) is 0 Å². The van der Waals surface area contributed by atoms with E-state index in [0.717, 1.165) is 5.56 Å². The van der Waals surface area contributed by atoms with Gasteiger partial charge in [0, 0.05) is 7.05 Å². The van der Waals surface area contributed by atoms with Crippen LogP contribution in [0.2, 0.25) is 0 Å². The fourth-order valence-corrected chi connectivity index (χ4v) is 1.49. The zero-order valence-corrected chi connectivity index (χ0v) is 11.2. The number of nitrogens with zero attached hydrogens (tertiary/aromatic N) is 2. The summed E-state index contributed by atoms with van der Waals surface area (Å²) in [5, 5.41) is 17.4. The van der Waals surface area contributed by atoms with Crippen molar-refractivity contribution >= 4 is 5.91 Å². The highest BCUT2D eigenvalue weighted by atomic mass is 16.5. The average Bonchev–Trinajstić information content (AvgIpc) is 2.44. The third-order valence-electron chi connectivity index (χ3n) is 2.90. The molecule has 0 saturated carbocycles. The third-order valence-corrected chi connectivity index (χ3v) is 2.90. The monoisotopic (exact) mass is 262 g/mol. The number of rotatable bonds is 6. The maximum atomic E-state index is 11.9. The Bertz CT molecular complexity index is 451. The second-order valence-electron chi connectivity index (χ2n) is 4.30. The van der Waals surface area contributed by atoms with E-state index in [1.165, 1.54) is 4.90 Å². The van der Waals surface area contributed by atoms with Crippen molar-refractivity contribution < 1.29 is 14.6 Å². The summed E-state index contributed by atoms with van der Waals surface area (Å²) in [5.41, 5.74) is 0.867. The van der Waals surface area contributed by atoms with Gasteiger partial charge in [0.15, 0.2) is 6.61 Å². The Morgan fingerprint density at radius 3 is 2.63 bits per heavy atom. The van der Waals surface area contributed by atoms with Gasteiger partial charge in [-0.25, -0.2) is 0 Å². The summed E-state index contributed by atoms with van der Waals surface area (Å²) < 4.78 is 5.13. The lowest BCUT2D eigenvalue weighted by atomic mass is 10.1. The van der Waals surface area contributed by atoms with Gasteiger partial charge in [-0.1, -0.05) is 12.1 Å². The van der Waals surface area contributed by atoms with Gasteiger partial charge in [-0.05, 0) is 24.6 Å². The SMILES string of the molecule is CC(CO)N(C)C(=O)Cc1ccc(OCC#N)cc1. The van der Waals surface area contributed by atoms with Gasteiger partial charge >= 0.3 is 0 Å².